The van der Waals surface area contributed by atoms with Gasteiger partial charge in [-0.05, 0) is 67.4 Å². The summed E-state index contributed by atoms with van der Waals surface area (Å²) in [5, 5.41) is 0. The van der Waals surface area contributed by atoms with Crippen molar-refractivity contribution in [3.8, 4) is 5.75 Å². The first-order valence-electron chi connectivity index (χ1n) is 10.6. The predicted octanol–water partition coefficient (Wildman–Crippen LogP) is 3.63. The summed E-state index contributed by atoms with van der Waals surface area (Å²) >= 11 is 0. The molecule has 1 heterocycles. The zero-order chi connectivity index (χ0) is 24.3. The Balaban J connectivity index is 1.43. The first-order valence-corrected chi connectivity index (χ1v) is 12.1. The number of esters is 1. The van der Waals surface area contributed by atoms with Gasteiger partial charge in [0.25, 0.3) is 15.9 Å². The van der Waals surface area contributed by atoms with Gasteiger partial charge in [0, 0.05) is 17.4 Å². The third kappa shape index (κ3) is 4.89. The van der Waals surface area contributed by atoms with Crippen LogP contribution in [0.1, 0.15) is 22.8 Å². The molecule has 0 spiro atoms. The standard InChI is InChI=1S/C25H24N2O6S/c1-17-14-18-6-3-4-9-23(18)27(17)24(28)16-33-25(29)19-7-5-8-22(15-19)34(30,31)26-20-10-12-21(32-2)13-11-20/h3-13,15,17,26H,14,16H2,1-2H3. The Hall–Kier alpha value is -3.85. The molecule has 1 aliphatic heterocycles. The van der Waals surface area contributed by atoms with Crippen LogP contribution in [0.2, 0.25) is 0 Å². The van der Waals surface area contributed by atoms with Gasteiger partial charge in [0.15, 0.2) is 6.61 Å². The van der Waals surface area contributed by atoms with Crippen LogP contribution in [0.25, 0.3) is 0 Å². The SMILES string of the molecule is COc1ccc(NS(=O)(=O)c2cccc(C(=O)OCC(=O)N3c4ccccc4CC3C)c2)cc1. The fourth-order valence-corrected chi connectivity index (χ4v) is 4.99. The lowest BCUT2D eigenvalue weighted by molar-refractivity contribution is -0.122. The zero-order valence-corrected chi connectivity index (χ0v) is 19.5. The second-order valence-electron chi connectivity index (χ2n) is 7.88. The van der Waals surface area contributed by atoms with Gasteiger partial charge in [-0.15, -0.1) is 0 Å². The Bertz CT molecular complexity index is 1320. The smallest absolute Gasteiger partial charge is 0.338 e. The van der Waals surface area contributed by atoms with Gasteiger partial charge in [-0.1, -0.05) is 24.3 Å². The molecule has 4 rings (SSSR count). The number of anilines is 2. The summed E-state index contributed by atoms with van der Waals surface area (Å²) in [4.78, 5) is 26.9. The van der Waals surface area contributed by atoms with Crippen LogP contribution >= 0.6 is 0 Å². The van der Waals surface area contributed by atoms with Crippen molar-refractivity contribution < 1.29 is 27.5 Å². The second-order valence-corrected chi connectivity index (χ2v) is 9.57. The number of sulfonamides is 1. The molecule has 1 unspecified atom stereocenters. The summed E-state index contributed by atoms with van der Waals surface area (Å²) < 4.78 is 38.3. The molecule has 176 valence electrons. The van der Waals surface area contributed by atoms with Crippen molar-refractivity contribution in [2.45, 2.75) is 24.3 Å². The minimum Gasteiger partial charge on any atom is -0.497 e. The number of fused-ring (bicyclic) bond motifs is 1. The monoisotopic (exact) mass is 480 g/mol. The Kier molecular flexibility index (Phi) is 6.56. The van der Waals surface area contributed by atoms with Crippen molar-refractivity contribution in [2.75, 3.05) is 23.3 Å². The molecule has 0 radical (unpaired) electrons. The minimum absolute atomic E-state index is 0.0280. The maximum Gasteiger partial charge on any atom is 0.338 e. The number of methoxy groups -OCH3 is 1. The fraction of sp³-hybridized carbons (Fsp3) is 0.200. The Morgan fingerprint density at radius 2 is 1.76 bits per heavy atom. The summed E-state index contributed by atoms with van der Waals surface area (Å²) in [6.45, 7) is 1.49. The number of nitrogens with one attached hydrogen (secondary N) is 1. The van der Waals surface area contributed by atoms with Crippen LogP contribution in [0.15, 0.2) is 77.7 Å². The van der Waals surface area contributed by atoms with E-state index in [0.29, 0.717) is 11.4 Å². The molecule has 8 nitrogen and oxygen atoms in total. The lowest BCUT2D eigenvalue weighted by Gasteiger charge is -2.22. The molecule has 0 saturated carbocycles. The van der Waals surface area contributed by atoms with Crippen molar-refractivity contribution in [2.24, 2.45) is 0 Å². The first kappa shape index (κ1) is 23.3. The van der Waals surface area contributed by atoms with Crippen LogP contribution in [0, 0.1) is 0 Å². The third-order valence-electron chi connectivity index (χ3n) is 5.52. The quantitative estimate of drug-likeness (QED) is 0.518. The molecule has 0 bridgehead atoms. The first-order chi connectivity index (χ1) is 16.3. The van der Waals surface area contributed by atoms with Crippen molar-refractivity contribution >= 4 is 33.3 Å². The van der Waals surface area contributed by atoms with Gasteiger partial charge in [0.05, 0.1) is 17.6 Å². The van der Waals surface area contributed by atoms with Gasteiger partial charge in [0.2, 0.25) is 0 Å². The number of carbonyl (C=O) groups excluding carboxylic acids is 2. The highest BCUT2D eigenvalue weighted by Gasteiger charge is 2.31. The van der Waals surface area contributed by atoms with E-state index in [1.807, 2.05) is 31.2 Å². The molecule has 0 saturated heterocycles. The normalized spacial score (nSPS) is 14.9. The summed E-state index contributed by atoms with van der Waals surface area (Å²) in [6.07, 6.45) is 0.733. The van der Waals surface area contributed by atoms with Crippen LogP contribution in [0.5, 0.6) is 5.75 Å². The molecule has 1 amide bonds. The number of para-hydroxylation sites is 1. The number of hydrogen-bond acceptors (Lipinski definition) is 6. The van der Waals surface area contributed by atoms with E-state index in [9.17, 15) is 18.0 Å². The predicted molar refractivity (Wildman–Crippen MR) is 128 cm³/mol. The van der Waals surface area contributed by atoms with E-state index in [2.05, 4.69) is 4.72 Å². The number of benzene rings is 3. The van der Waals surface area contributed by atoms with Crippen molar-refractivity contribution in [3.05, 3.63) is 83.9 Å². The van der Waals surface area contributed by atoms with E-state index in [-0.39, 0.29) is 22.4 Å². The summed E-state index contributed by atoms with van der Waals surface area (Å²) in [5.41, 5.74) is 2.25. The Labute approximate surface area is 198 Å². The van der Waals surface area contributed by atoms with Gasteiger partial charge >= 0.3 is 5.97 Å². The van der Waals surface area contributed by atoms with E-state index in [4.69, 9.17) is 9.47 Å². The average molecular weight is 481 g/mol. The van der Waals surface area contributed by atoms with Crippen LogP contribution in [0.4, 0.5) is 11.4 Å². The molecule has 0 aliphatic carbocycles. The summed E-state index contributed by atoms with van der Waals surface area (Å²) in [5.74, 6) is -0.528. The van der Waals surface area contributed by atoms with E-state index in [1.54, 1.807) is 29.2 Å². The summed E-state index contributed by atoms with van der Waals surface area (Å²) in [6, 6.07) is 19.4. The maximum atomic E-state index is 12.8. The van der Waals surface area contributed by atoms with Gasteiger partial charge in [-0.25, -0.2) is 13.2 Å². The molecular formula is C25H24N2O6S. The van der Waals surface area contributed by atoms with Crippen LogP contribution < -0.4 is 14.4 Å². The molecule has 3 aromatic carbocycles. The molecule has 34 heavy (non-hydrogen) atoms. The molecule has 1 aliphatic rings. The minimum atomic E-state index is -3.95. The number of nitrogens with zero attached hydrogens (tertiary/aromatic N) is 1. The van der Waals surface area contributed by atoms with Crippen molar-refractivity contribution in [1.82, 2.24) is 0 Å². The number of hydrogen-bond donors (Lipinski definition) is 1. The molecular weight excluding hydrogens is 456 g/mol. The summed E-state index contributed by atoms with van der Waals surface area (Å²) in [7, 11) is -2.43. The lowest BCUT2D eigenvalue weighted by Crippen LogP contribution is -2.38. The molecule has 0 fully saturated rings. The van der Waals surface area contributed by atoms with Crippen molar-refractivity contribution in [1.29, 1.82) is 0 Å². The maximum absolute atomic E-state index is 12.8. The second kappa shape index (κ2) is 9.56. The Morgan fingerprint density at radius 1 is 1.03 bits per heavy atom. The molecule has 1 N–H and O–H groups in total. The van der Waals surface area contributed by atoms with E-state index >= 15 is 0 Å². The van der Waals surface area contributed by atoms with E-state index in [0.717, 1.165) is 17.7 Å². The van der Waals surface area contributed by atoms with Gasteiger partial charge in [0.1, 0.15) is 5.75 Å². The van der Waals surface area contributed by atoms with E-state index in [1.165, 1.54) is 31.4 Å². The highest BCUT2D eigenvalue weighted by atomic mass is 32.2. The average Bonchev–Trinajstić information content (AvgIpc) is 3.18. The molecule has 3 aromatic rings. The largest absolute Gasteiger partial charge is 0.497 e. The zero-order valence-electron chi connectivity index (χ0n) is 18.7. The third-order valence-corrected chi connectivity index (χ3v) is 6.90. The van der Waals surface area contributed by atoms with Crippen LogP contribution in [-0.4, -0.2) is 40.1 Å². The number of amides is 1. The number of rotatable bonds is 7. The highest BCUT2D eigenvalue weighted by molar-refractivity contribution is 7.92. The highest BCUT2D eigenvalue weighted by Crippen LogP contribution is 2.31. The van der Waals surface area contributed by atoms with Crippen LogP contribution in [0.3, 0.4) is 0 Å². The molecule has 0 aromatic heterocycles. The number of carbonyl (C=O) groups is 2. The number of ether oxygens (including phenoxy) is 2. The van der Waals surface area contributed by atoms with E-state index < -0.39 is 22.6 Å². The van der Waals surface area contributed by atoms with Gasteiger partial charge in [-0.3, -0.25) is 9.52 Å². The van der Waals surface area contributed by atoms with Gasteiger partial charge < -0.3 is 14.4 Å². The Morgan fingerprint density at radius 3 is 2.50 bits per heavy atom. The lowest BCUT2D eigenvalue weighted by atomic mass is 10.1. The van der Waals surface area contributed by atoms with Gasteiger partial charge in [-0.2, -0.15) is 0 Å². The topological polar surface area (TPSA) is 102 Å². The van der Waals surface area contributed by atoms with Crippen LogP contribution in [-0.2, 0) is 26.0 Å². The van der Waals surface area contributed by atoms with Crippen molar-refractivity contribution in [3.63, 3.8) is 0 Å². The fourth-order valence-electron chi connectivity index (χ4n) is 3.89. The molecule has 1 atom stereocenters. The molecule has 9 heteroatoms.